The Hall–Kier alpha value is -3.07. The van der Waals surface area contributed by atoms with E-state index in [-0.39, 0.29) is 23.0 Å². The van der Waals surface area contributed by atoms with Gasteiger partial charge in [0.05, 0.1) is 12.3 Å². The van der Waals surface area contributed by atoms with Crippen LogP contribution >= 0.6 is 11.3 Å². The van der Waals surface area contributed by atoms with Gasteiger partial charge in [-0.15, -0.1) is 11.3 Å². The number of ether oxygens (including phenoxy) is 1. The molecule has 15 heteroatoms. The summed E-state index contributed by atoms with van der Waals surface area (Å²) in [6, 6.07) is -1.35. The van der Waals surface area contributed by atoms with Crippen molar-refractivity contribution in [1.29, 1.82) is 0 Å². The number of rotatable bonds is 4. The molecule has 154 valence electrons. The van der Waals surface area contributed by atoms with Crippen LogP contribution < -0.4 is 11.1 Å². The quantitative estimate of drug-likeness (QED) is 0.128. The summed E-state index contributed by atoms with van der Waals surface area (Å²) in [5.41, 5.74) is 2.68. The van der Waals surface area contributed by atoms with Crippen molar-refractivity contribution in [2.75, 3.05) is 11.5 Å². The second-order valence-electron chi connectivity index (χ2n) is 6.49. The number of aromatic nitrogens is 1. The normalized spacial score (nSPS) is 33.4. The van der Waals surface area contributed by atoms with Gasteiger partial charge in [0.2, 0.25) is 0 Å². The highest BCUT2D eigenvalue weighted by Crippen LogP contribution is 2.47. The van der Waals surface area contributed by atoms with Gasteiger partial charge in [0.15, 0.2) is 10.8 Å². The first-order valence-electron chi connectivity index (χ1n) is 8.10. The number of carboxylic acids is 1. The molecule has 3 aliphatic rings. The molecular weight excluding hydrogens is 430 g/mol. The highest BCUT2D eigenvalue weighted by molar-refractivity contribution is 7.85. The topological polar surface area (TPSA) is 202 Å². The van der Waals surface area contributed by atoms with Crippen LogP contribution in [0.3, 0.4) is 0 Å². The molecular formula is C14H13N5O8S2. The minimum absolute atomic E-state index is 0.0345. The van der Waals surface area contributed by atoms with Gasteiger partial charge in [0.25, 0.3) is 17.5 Å². The molecule has 1 aromatic heterocycles. The first-order chi connectivity index (χ1) is 13.7. The smallest absolute Gasteiger partial charge is 0.370 e. The molecule has 5 atom stereocenters. The lowest BCUT2D eigenvalue weighted by molar-refractivity contribution is -0.216. The van der Waals surface area contributed by atoms with Crippen LogP contribution in [-0.2, 0) is 34.7 Å². The SMILES string of the molecule is Nc1nc(/C(=N/O)C(=O)N[C@@H]2C(=O)N3[C@@H]2[S@@](=O)C[C@@H]2CC(=O)O[C@@]23C(=O)O)cs1. The van der Waals surface area contributed by atoms with E-state index in [1.165, 1.54) is 5.38 Å². The maximum absolute atomic E-state index is 12.7. The zero-order valence-electron chi connectivity index (χ0n) is 14.3. The standard InChI is InChI=1S/C14H13N5O8S2/c15-13-16-5(2-28-13)7(18-25)9(21)17-8-10(22)19-11(8)29(26)3-4-1-6(20)27-14(4,19)12(23)24/h2,4,8,11,25H,1,3H2,(H2,15,16)(H,17,21)(H,23,24)/b18-7-/t4-,8+,11+,14+,29-/m0/s1. The fourth-order valence-electron chi connectivity index (χ4n) is 3.71. The van der Waals surface area contributed by atoms with Crippen molar-refractivity contribution in [3.8, 4) is 0 Å². The molecule has 3 saturated heterocycles. The molecule has 0 bridgehead atoms. The number of hydrogen-bond acceptors (Lipinski definition) is 11. The number of carbonyl (C=O) groups is 4. The van der Waals surface area contributed by atoms with Gasteiger partial charge in [-0.05, 0) is 0 Å². The molecule has 0 spiro atoms. The lowest BCUT2D eigenvalue weighted by Gasteiger charge is -2.56. The number of fused-ring (bicyclic) bond motifs is 3. The molecule has 0 radical (unpaired) electrons. The van der Waals surface area contributed by atoms with Gasteiger partial charge in [-0.2, -0.15) is 0 Å². The highest BCUT2D eigenvalue weighted by atomic mass is 32.2. The number of thiazole rings is 1. The van der Waals surface area contributed by atoms with E-state index in [0.717, 1.165) is 16.2 Å². The number of anilines is 1. The third-order valence-corrected chi connectivity index (χ3v) is 7.37. The van der Waals surface area contributed by atoms with E-state index in [1.54, 1.807) is 0 Å². The number of carboxylic acid groups (broad SMARTS) is 1. The van der Waals surface area contributed by atoms with Crippen molar-refractivity contribution in [2.24, 2.45) is 11.1 Å². The number of β-lactam (4-membered cyclic amide) rings is 1. The monoisotopic (exact) mass is 443 g/mol. The van der Waals surface area contributed by atoms with Crippen LogP contribution in [-0.4, -0.2) is 76.8 Å². The van der Waals surface area contributed by atoms with Crippen LogP contribution in [0.5, 0.6) is 0 Å². The molecule has 0 unspecified atom stereocenters. The molecule has 2 amide bonds. The summed E-state index contributed by atoms with van der Waals surface area (Å²) in [7, 11) is -1.76. The third kappa shape index (κ3) is 2.61. The van der Waals surface area contributed by atoms with Gasteiger partial charge < -0.3 is 26.1 Å². The van der Waals surface area contributed by atoms with E-state index in [4.69, 9.17) is 15.7 Å². The Morgan fingerprint density at radius 3 is 2.79 bits per heavy atom. The van der Waals surface area contributed by atoms with Gasteiger partial charge in [0, 0.05) is 21.9 Å². The molecule has 0 aliphatic carbocycles. The first-order valence-corrected chi connectivity index (χ1v) is 10.4. The predicted molar refractivity (Wildman–Crippen MR) is 95.0 cm³/mol. The summed E-state index contributed by atoms with van der Waals surface area (Å²) in [5.74, 6) is -5.40. The minimum atomic E-state index is -2.24. The minimum Gasteiger partial charge on any atom is -0.477 e. The van der Waals surface area contributed by atoms with Gasteiger partial charge in [0.1, 0.15) is 17.1 Å². The second kappa shape index (κ2) is 6.48. The number of oxime groups is 1. The summed E-state index contributed by atoms with van der Waals surface area (Å²) < 4.78 is 17.6. The van der Waals surface area contributed by atoms with Crippen LogP contribution in [0.15, 0.2) is 10.5 Å². The number of hydrogen-bond donors (Lipinski definition) is 4. The molecule has 4 rings (SSSR count). The number of aliphatic carboxylic acids is 1. The summed E-state index contributed by atoms with van der Waals surface area (Å²) in [6.07, 6.45) is -0.280. The maximum Gasteiger partial charge on any atom is 0.370 e. The van der Waals surface area contributed by atoms with Crippen LogP contribution in [0.4, 0.5) is 5.13 Å². The van der Waals surface area contributed by atoms with E-state index in [9.17, 15) is 28.5 Å². The Balaban J connectivity index is 1.60. The summed E-state index contributed by atoms with van der Waals surface area (Å²) in [5, 5.41) is 24.2. The summed E-state index contributed by atoms with van der Waals surface area (Å²) >= 11 is 0.994. The average molecular weight is 443 g/mol. The summed E-state index contributed by atoms with van der Waals surface area (Å²) in [4.78, 5) is 53.3. The molecule has 4 heterocycles. The number of amides is 2. The van der Waals surface area contributed by atoms with Crippen LogP contribution in [0, 0.1) is 5.92 Å². The van der Waals surface area contributed by atoms with E-state index < -0.39 is 63.3 Å². The first kappa shape index (κ1) is 19.3. The summed E-state index contributed by atoms with van der Waals surface area (Å²) in [6.45, 7) is 0. The number of nitrogens with one attached hydrogen (secondary N) is 1. The van der Waals surface area contributed by atoms with Crippen LogP contribution in [0.25, 0.3) is 0 Å². The van der Waals surface area contributed by atoms with E-state index in [1.807, 2.05) is 0 Å². The van der Waals surface area contributed by atoms with Crippen molar-refractivity contribution in [1.82, 2.24) is 15.2 Å². The van der Waals surface area contributed by atoms with Gasteiger partial charge >= 0.3 is 11.9 Å². The van der Waals surface area contributed by atoms with Crippen molar-refractivity contribution >= 4 is 56.7 Å². The zero-order valence-corrected chi connectivity index (χ0v) is 15.9. The van der Waals surface area contributed by atoms with Crippen molar-refractivity contribution in [2.45, 2.75) is 23.6 Å². The lowest BCUT2D eigenvalue weighted by atomic mass is 9.89. The van der Waals surface area contributed by atoms with Gasteiger partial charge in [-0.25, -0.2) is 9.78 Å². The molecule has 1 aromatic rings. The van der Waals surface area contributed by atoms with Crippen LogP contribution in [0.1, 0.15) is 12.1 Å². The Labute approximate surface area is 168 Å². The number of nitrogen functional groups attached to an aromatic ring is 1. The van der Waals surface area contributed by atoms with Gasteiger partial charge in [-0.1, -0.05) is 5.16 Å². The van der Waals surface area contributed by atoms with Gasteiger partial charge in [-0.3, -0.25) is 23.5 Å². The number of carbonyl (C=O) groups excluding carboxylic acids is 3. The average Bonchev–Trinajstić information content (AvgIpc) is 3.21. The molecule has 29 heavy (non-hydrogen) atoms. The maximum atomic E-state index is 12.7. The molecule has 3 fully saturated rings. The van der Waals surface area contributed by atoms with E-state index in [2.05, 4.69) is 15.5 Å². The van der Waals surface area contributed by atoms with E-state index >= 15 is 0 Å². The fraction of sp³-hybridized carbons (Fsp3) is 0.429. The third-order valence-electron chi connectivity index (χ3n) is 4.94. The molecule has 0 aromatic carbocycles. The van der Waals surface area contributed by atoms with Crippen molar-refractivity contribution < 1.29 is 38.4 Å². The number of esters is 1. The Bertz CT molecular complexity index is 1010. The van der Waals surface area contributed by atoms with E-state index in [0.29, 0.717) is 0 Å². The zero-order chi connectivity index (χ0) is 21.1. The van der Waals surface area contributed by atoms with Crippen LogP contribution in [0.2, 0.25) is 0 Å². The number of nitrogens with two attached hydrogens (primary N) is 1. The molecule has 0 saturated carbocycles. The Kier molecular flexibility index (Phi) is 4.30. The van der Waals surface area contributed by atoms with Crippen molar-refractivity contribution in [3.05, 3.63) is 11.1 Å². The number of nitrogens with zero attached hydrogens (tertiary/aromatic N) is 3. The van der Waals surface area contributed by atoms with Crippen molar-refractivity contribution in [3.63, 3.8) is 0 Å². The Morgan fingerprint density at radius 2 is 2.21 bits per heavy atom. The molecule has 3 aliphatic heterocycles. The molecule has 13 nitrogen and oxygen atoms in total. The Morgan fingerprint density at radius 1 is 1.48 bits per heavy atom. The predicted octanol–water partition coefficient (Wildman–Crippen LogP) is -2.34. The fourth-order valence-corrected chi connectivity index (χ4v) is 6.18. The highest BCUT2D eigenvalue weighted by Gasteiger charge is 2.73. The molecule has 5 N–H and O–H groups in total. The largest absolute Gasteiger partial charge is 0.477 e. The second-order valence-corrected chi connectivity index (χ2v) is 8.96. The lowest BCUT2D eigenvalue weighted by Crippen LogP contribution is -2.83.